The number of carbonyl (C=O) groups excluding carboxylic acids is 2. The fraction of sp³-hybridized carbons (Fsp3) is 0.429. The van der Waals surface area contributed by atoms with E-state index in [9.17, 15) is 9.59 Å². The van der Waals surface area contributed by atoms with Crippen molar-refractivity contribution in [1.82, 2.24) is 10.2 Å². The molecule has 5 nitrogen and oxygen atoms in total. The van der Waals surface area contributed by atoms with Gasteiger partial charge < -0.3 is 15.0 Å². The Kier molecular flexibility index (Phi) is 6.72. The van der Waals surface area contributed by atoms with Gasteiger partial charge in [-0.25, -0.2) is 0 Å². The number of hydrogen-bond acceptors (Lipinski definition) is 3. The number of hydrogen-bond donors (Lipinski definition) is 1. The summed E-state index contributed by atoms with van der Waals surface area (Å²) in [4.78, 5) is 26.3. The van der Waals surface area contributed by atoms with Gasteiger partial charge in [0.25, 0.3) is 5.91 Å². The molecular formula is C21H25BrN2O3. The van der Waals surface area contributed by atoms with Crippen molar-refractivity contribution in [3.63, 3.8) is 0 Å². The van der Waals surface area contributed by atoms with Gasteiger partial charge in [0, 0.05) is 25.6 Å². The van der Waals surface area contributed by atoms with Crippen molar-refractivity contribution in [3.8, 4) is 5.75 Å². The van der Waals surface area contributed by atoms with Crippen LogP contribution in [-0.2, 0) is 9.59 Å². The van der Waals surface area contributed by atoms with Crippen LogP contribution in [0.25, 0.3) is 10.8 Å². The topological polar surface area (TPSA) is 58.6 Å². The zero-order valence-corrected chi connectivity index (χ0v) is 17.1. The number of likely N-dealkylation sites (tertiary alicyclic amines) is 1. The zero-order valence-electron chi connectivity index (χ0n) is 15.5. The highest BCUT2D eigenvalue weighted by Crippen LogP contribution is 2.33. The van der Waals surface area contributed by atoms with Crippen molar-refractivity contribution >= 4 is 38.5 Å². The predicted molar refractivity (Wildman–Crippen MR) is 110 cm³/mol. The summed E-state index contributed by atoms with van der Waals surface area (Å²) in [6, 6.07) is 11.9. The number of amides is 2. The van der Waals surface area contributed by atoms with Crippen molar-refractivity contribution in [3.05, 3.63) is 40.9 Å². The Labute approximate surface area is 168 Å². The van der Waals surface area contributed by atoms with E-state index in [4.69, 9.17) is 4.74 Å². The molecule has 1 heterocycles. The van der Waals surface area contributed by atoms with Gasteiger partial charge in [-0.2, -0.15) is 0 Å². The van der Waals surface area contributed by atoms with E-state index < -0.39 is 0 Å². The van der Waals surface area contributed by atoms with E-state index in [-0.39, 0.29) is 24.3 Å². The molecule has 1 aliphatic heterocycles. The molecule has 1 aliphatic rings. The minimum atomic E-state index is -0.0394. The molecular weight excluding hydrogens is 408 g/mol. The predicted octanol–water partition coefficient (Wildman–Crippen LogP) is 3.75. The van der Waals surface area contributed by atoms with Crippen molar-refractivity contribution < 1.29 is 14.3 Å². The van der Waals surface area contributed by atoms with Gasteiger partial charge in [-0.3, -0.25) is 9.59 Å². The lowest BCUT2D eigenvalue weighted by molar-refractivity contribution is -0.137. The van der Waals surface area contributed by atoms with Crippen LogP contribution in [0.1, 0.15) is 26.2 Å². The van der Waals surface area contributed by atoms with Gasteiger partial charge in [0.2, 0.25) is 5.91 Å². The van der Waals surface area contributed by atoms with Gasteiger partial charge in [0.1, 0.15) is 5.75 Å². The number of nitrogens with one attached hydrogen (secondary N) is 1. The number of nitrogens with zero attached hydrogens (tertiary/aromatic N) is 1. The SMILES string of the molecule is CCCNC(=O)C1CCN(C(=O)COc2ccc3ccccc3c2Br)CC1. The molecule has 2 aromatic rings. The lowest BCUT2D eigenvalue weighted by atomic mass is 9.96. The molecule has 1 fully saturated rings. The Morgan fingerprint density at radius 2 is 1.93 bits per heavy atom. The van der Waals surface area contributed by atoms with Gasteiger partial charge >= 0.3 is 0 Å². The lowest BCUT2D eigenvalue weighted by Gasteiger charge is -2.31. The summed E-state index contributed by atoms with van der Waals surface area (Å²) in [5.41, 5.74) is 0. The second-order valence-electron chi connectivity index (χ2n) is 6.83. The molecule has 144 valence electrons. The summed E-state index contributed by atoms with van der Waals surface area (Å²) >= 11 is 3.58. The van der Waals surface area contributed by atoms with E-state index in [0.717, 1.165) is 21.7 Å². The molecule has 0 saturated carbocycles. The Morgan fingerprint density at radius 1 is 1.19 bits per heavy atom. The zero-order chi connectivity index (χ0) is 19.2. The first-order chi connectivity index (χ1) is 13.1. The van der Waals surface area contributed by atoms with Crippen LogP contribution in [0.4, 0.5) is 0 Å². The van der Waals surface area contributed by atoms with E-state index in [1.807, 2.05) is 43.3 Å². The second kappa shape index (κ2) is 9.22. The fourth-order valence-electron chi connectivity index (χ4n) is 3.34. The van der Waals surface area contributed by atoms with Gasteiger partial charge in [0.05, 0.1) is 4.47 Å². The first-order valence-corrected chi connectivity index (χ1v) is 10.2. The first kappa shape index (κ1) is 19.7. The summed E-state index contributed by atoms with van der Waals surface area (Å²) < 4.78 is 6.63. The lowest BCUT2D eigenvalue weighted by Crippen LogP contribution is -2.44. The van der Waals surface area contributed by atoms with Crippen LogP contribution < -0.4 is 10.1 Å². The number of piperidine rings is 1. The highest BCUT2D eigenvalue weighted by atomic mass is 79.9. The summed E-state index contributed by atoms with van der Waals surface area (Å²) in [6.07, 6.45) is 2.35. The Bertz CT molecular complexity index is 816. The summed E-state index contributed by atoms with van der Waals surface area (Å²) in [7, 11) is 0. The van der Waals surface area contributed by atoms with Crippen LogP contribution in [-0.4, -0.2) is 43.0 Å². The van der Waals surface area contributed by atoms with E-state index in [1.54, 1.807) is 4.90 Å². The summed E-state index contributed by atoms with van der Waals surface area (Å²) in [5.74, 6) is 0.745. The molecule has 0 bridgehead atoms. The van der Waals surface area contributed by atoms with Crippen LogP contribution in [0.2, 0.25) is 0 Å². The molecule has 0 radical (unpaired) electrons. The molecule has 2 aromatic carbocycles. The van der Waals surface area contributed by atoms with Gasteiger partial charge in [-0.15, -0.1) is 0 Å². The molecule has 0 spiro atoms. The monoisotopic (exact) mass is 432 g/mol. The summed E-state index contributed by atoms with van der Waals surface area (Å²) in [6.45, 7) is 3.96. The normalized spacial score (nSPS) is 15.0. The number of ether oxygens (including phenoxy) is 1. The maximum absolute atomic E-state index is 12.5. The van der Waals surface area contributed by atoms with Crippen LogP contribution in [0.3, 0.4) is 0 Å². The average Bonchev–Trinajstić information content (AvgIpc) is 2.71. The highest BCUT2D eigenvalue weighted by molar-refractivity contribution is 9.10. The molecule has 1 saturated heterocycles. The standard InChI is InChI=1S/C21H25BrN2O3/c1-2-11-23-21(26)16-9-12-24(13-10-16)19(25)14-27-18-8-7-15-5-3-4-6-17(15)20(18)22/h3-8,16H,2,9-14H2,1H3,(H,23,26). The van der Waals surface area contributed by atoms with Crippen molar-refractivity contribution in [2.24, 2.45) is 5.92 Å². The number of carbonyl (C=O) groups is 2. The third-order valence-electron chi connectivity index (χ3n) is 4.95. The third-order valence-corrected chi connectivity index (χ3v) is 5.76. The molecule has 2 amide bonds. The molecule has 3 rings (SSSR count). The average molecular weight is 433 g/mol. The highest BCUT2D eigenvalue weighted by Gasteiger charge is 2.27. The number of benzene rings is 2. The van der Waals surface area contributed by atoms with Crippen molar-refractivity contribution in [2.75, 3.05) is 26.2 Å². The van der Waals surface area contributed by atoms with Crippen molar-refractivity contribution in [1.29, 1.82) is 0 Å². The molecule has 0 atom stereocenters. The number of rotatable bonds is 6. The quantitative estimate of drug-likeness (QED) is 0.755. The van der Waals surface area contributed by atoms with Gasteiger partial charge in [0.15, 0.2) is 6.61 Å². The summed E-state index contributed by atoms with van der Waals surface area (Å²) in [5, 5.41) is 5.12. The number of halogens is 1. The minimum absolute atomic E-state index is 0.00361. The van der Waals surface area contributed by atoms with Crippen LogP contribution in [0.15, 0.2) is 40.9 Å². The molecule has 6 heteroatoms. The van der Waals surface area contributed by atoms with Gasteiger partial charge in [-0.1, -0.05) is 37.3 Å². The maximum Gasteiger partial charge on any atom is 0.260 e. The van der Waals surface area contributed by atoms with Crippen LogP contribution in [0.5, 0.6) is 5.75 Å². The Balaban J connectivity index is 1.52. The number of fused-ring (bicyclic) bond motifs is 1. The van der Waals surface area contributed by atoms with Crippen LogP contribution in [0, 0.1) is 5.92 Å². The fourth-order valence-corrected chi connectivity index (χ4v) is 3.95. The second-order valence-corrected chi connectivity index (χ2v) is 7.63. The maximum atomic E-state index is 12.5. The molecule has 1 N–H and O–H groups in total. The molecule has 0 unspecified atom stereocenters. The first-order valence-electron chi connectivity index (χ1n) is 9.45. The van der Waals surface area contributed by atoms with Gasteiger partial charge in [-0.05, 0) is 52.0 Å². The van der Waals surface area contributed by atoms with E-state index in [2.05, 4.69) is 21.2 Å². The van der Waals surface area contributed by atoms with E-state index in [1.165, 1.54) is 0 Å². The smallest absolute Gasteiger partial charge is 0.260 e. The van der Waals surface area contributed by atoms with Crippen molar-refractivity contribution in [2.45, 2.75) is 26.2 Å². The van der Waals surface area contributed by atoms with E-state index in [0.29, 0.717) is 38.2 Å². The van der Waals surface area contributed by atoms with E-state index >= 15 is 0 Å². The Hall–Kier alpha value is -2.08. The molecule has 27 heavy (non-hydrogen) atoms. The minimum Gasteiger partial charge on any atom is -0.483 e. The van der Waals surface area contributed by atoms with Crippen LogP contribution >= 0.6 is 15.9 Å². The Morgan fingerprint density at radius 3 is 2.67 bits per heavy atom. The molecule has 0 aliphatic carbocycles. The third kappa shape index (κ3) is 4.80. The largest absolute Gasteiger partial charge is 0.483 e. The molecule has 0 aromatic heterocycles.